The smallest absolute Gasteiger partial charge is 0.337 e. The van der Waals surface area contributed by atoms with Crippen LogP contribution < -0.4 is 16.6 Å². The molecule has 0 bridgehead atoms. The molecule has 1 N–H and O–H groups in total. The number of benzene rings is 2. The molecule has 7 nitrogen and oxygen atoms in total. The Bertz CT molecular complexity index is 1520. The van der Waals surface area contributed by atoms with Crippen molar-refractivity contribution in [2.75, 3.05) is 0 Å². The van der Waals surface area contributed by atoms with E-state index in [0.29, 0.717) is 31.4 Å². The number of carbonyl (C=O) groups is 1. The van der Waals surface area contributed by atoms with Gasteiger partial charge in [0.1, 0.15) is 5.82 Å². The van der Waals surface area contributed by atoms with Gasteiger partial charge in [0, 0.05) is 19.0 Å². The van der Waals surface area contributed by atoms with Gasteiger partial charge in [-0.1, -0.05) is 42.5 Å². The Morgan fingerprint density at radius 3 is 2.40 bits per heavy atom. The van der Waals surface area contributed by atoms with E-state index in [-0.39, 0.29) is 29.0 Å². The predicted octanol–water partition coefficient (Wildman–Crippen LogP) is 3.97. The van der Waals surface area contributed by atoms with Gasteiger partial charge in [-0.3, -0.25) is 14.2 Å². The maximum Gasteiger partial charge on any atom is 0.337 e. The third kappa shape index (κ3) is 4.39. The highest BCUT2D eigenvalue weighted by atomic mass is 19.1. The molecule has 1 aliphatic rings. The van der Waals surface area contributed by atoms with Crippen molar-refractivity contribution >= 4 is 16.9 Å². The first-order valence-corrected chi connectivity index (χ1v) is 11.7. The molecular weight excluding hydrogens is 447 g/mol. The molecule has 2 heterocycles. The summed E-state index contributed by atoms with van der Waals surface area (Å²) in [6, 6.07) is 18.0. The topological polar surface area (TPSA) is 86.0 Å². The molecule has 1 saturated carbocycles. The first-order valence-electron chi connectivity index (χ1n) is 11.7. The van der Waals surface area contributed by atoms with Gasteiger partial charge in [0.2, 0.25) is 5.91 Å². The van der Waals surface area contributed by atoms with Gasteiger partial charge in [0.05, 0.1) is 17.3 Å². The van der Waals surface area contributed by atoms with Crippen molar-refractivity contribution in [2.24, 2.45) is 0 Å². The van der Waals surface area contributed by atoms with Crippen LogP contribution in [0.1, 0.15) is 38.6 Å². The van der Waals surface area contributed by atoms with Crippen LogP contribution in [-0.2, 0) is 4.79 Å². The fourth-order valence-corrected chi connectivity index (χ4v) is 4.96. The second kappa shape index (κ2) is 9.29. The summed E-state index contributed by atoms with van der Waals surface area (Å²) in [4.78, 5) is 42.8. The minimum atomic E-state index is -0.640. The largest absolute Gasteiger partial charge is 0.354 e. The summed E-state index contributed by atoms with van der Waals surface area (Å²) in [5, 5.41) is 2.96. The lowest BCUT2D eigenvalue weighted by molar-refractivity contribution is -0.119. The van der Waals surface area contributed by atoms with Crippen LogP contribution in [-0.4, -0.2) is 26.1 Å². The lowest BCUT2D eigenvalue weighted by Crippen LogP contribution is -2.45. The average molecular weight is 473 g/mol. The molecule has 0 radical (unpaired) electrons. The monoisotopic (exact) mass is 472 g/mol. The second-order valence-corrected chi connectivity index (χ2v) is 8.94. The van der Waals surface area contributed by atoms with E-state index in [1.54, 1.807) is 6.07 Å². The highest BCUT2D eigenvalue weighted by molar-refractivity contribution is 5.76. The number of hydrogen-bond donors (Lipinski definition) is 1. The molecule has 35 heavy (non-hydrogen) atoms. The fraction of sp³-hybridized carbons (Fsp3) is 0.259. The summed E-state index contributed by atoms with van der Waals surface area (Å²) >= 11 is 0. The SMILES string of the molecule is CC(=O)NC1CCC(n2c(=O)c3cc(F)cnc3n(-c3cccc(-c4ccccc4)c3)c2=O)CC1. The van der Waals surface area contributed by atoms with Gasteiger partial charge in [-0.05, 0) is 55.0 Å². The number of nitrogens with one attached hydrogen (secondary N) is 1. The van der Waals surface area contributed by atoms with Crippen LogP contribution in [0.15, 0.2) is 76.4 Å². The van der Waals surface area contributed by atoms with Gasteiger partial charge in [-0.25, -0.2) is 18.7 Å². The first kappa shape index (κ1) is 22.7. The zero-order valence-electron chi connectivity index (χ0n) is 19.3. The summed E-state index contributed by atoms with van der Waals surface area (Å²) in [5.74, 6) is -0.739. The van der Waals surface area contributed by atoms with Crippen molar-refractivity contribution in [2.45, 2.75) is 44.7 Å². The van der Waals surface area contributed by atoms with Crippen LogP contribution in [0, 0.1) is 5.82 Å². The van der Waals surface area contributed by atoms with E-state index in [4.69, 9.17) is 0 Å². The number of aromatic nitrogens is 3. The van der Waals surface area contributed by atoms with Gasteiger partial charge in [0.15, 0.2) is 5.65 Å². The van der Waals surface area contributed by atoms with E-state index in [2.05, 4.69) is 10.3 Å². The van der Waals surface area contributed by atoms with Gasteiger partial charge >= 0.3 is 5.69 Å². The number of halogens is 1. The molecule has 4 aromatic rings. The number of rotatable bonds is 4. The summed E-state index contributed by atoms with van der Waals surface area (Å²) in [6.07, 6.45) is 3.43. The van der Waals surface area contributed by atoms with Crippen LogP contribution in [0.4, 0.5) is 4.39 Å². The van der Waals surface area contributed by atoms with Crippen LogP contribution in [0.5, 0.6) is 0 Å². The Labute approximate surface area is 200 Å². The van der Waals surface area contributed by atoms with Crippen molar-refractivity contribution in [3.8, 4) is 16.8 Å². The summed E-state index contributed by atoms with van der Waals surface area (Å²) in [6.45, 7) is 1.48. The number of nitrogens with zero attached hydrogens (tertiary/aromatic N) is 3. The Morgan fingerprint density at radius 1 is 0.971 bits per heavy atom. The lowest BCUT2D eigenvalue weighted by Gasteiger charge is -2.30. The third-order valence-corrected chi connectivity index (χ3v) is 6.57. The molecule has 0 saturated heterocycles. The van der Waals surface area contributed by atoms with Gasteiger partial charge < -0.3 is 5.32 Å². The third-order valence-electron chi connectivity index (χ3n) is 6.57. The van der Waals surface area contributed by atoms with Gasteiger partial charge in [-0.2, -0.15) is 0 Å². The van der Waals surface area contributed by atoms with Crippen LogP contribution >= 0.6 is 0 Å². The van der Waals surface area contributed by atoms with Crippen molar-refractivity contribution < 1.29 is 9.18 Å². The summed E-state index contributed by atoms with van der Waals surface area (Å²) < 4.78 is 16.8. The molecule has 0 atom stereocenters. The Morgan fingerprint density at radius 2 is 1.69 bits per heavy atom. The number of amides is 1. The molecule has 1 amide bonds. The maximum atomic E-state index is 14.1. The van der Waals surface area contributed by atoms with Crippen molar-refractivity contribution in [1.29, 1.82) is 0 Å². The molecule has 0 spiro atoms. The normalized spacial score (nSPS) is 17.9. The lowest BCUT2D eigenvalue weighted by atomic mass is 9.91. The molecule has 178 valence electrons. The molecule has 0 unspecified atom stereocenters. The van der Waals surface area contributed by atoms with E-state index in [9.17, 15) is 18.8 Å². The highest BCUT2D eigenvalue weighted by Crippen LogP contribution is 2.28. The van der Waals surface area contributed by atoms with E-state index >= 15 is 0 Å². The molecule has 8 heteroatoms. The summed E-state index contributed by atoms with van der Waals surface area (Å²) in [5.41, 5.74) is 1.50. The van der Waals surface area contributed by atoms with E-state index < -0.39 is 17.1 Å². The standard InChI is InChI=1S/C27H25FN4O3/c1-17(33)30-21-10-12-22(13-11-21)32-26(34)24-15-20(28)16-29-25(24)31(27(32)35)23-9-5-8-19(14-23)18-6-3-2-4-7-18/h2-9,14-16,21-22H,10-13H2,1H3,(H,30,33). The van der Waals surface area contributed by atoms with E-state index in [1.165, 1.54) is 16.1 Å². The average Bonchev–Trinajstić information content (AvgIpc) is 2.86. The van der Waals surface area contributed by atoms with Crippen LogP contribution in [0.2, 0.25) is 0 Å². The van der Waals surface area contributed by atoms with Crippen LogP contribution in [0.25, 0.3) is 27.8 Å². The first-order chi connectivity index (χ1) is 16.9. The zero-order valence-corrected chi connectivity index (χ0v) is 19.3. The number of hydrogen-bond acceptors (Lipinski definition) is 4. The second-order valence-electron chi connectivity index (χ2n) is 8.94. The molecule has 1 aliphatic carbocycles. The zero-order chi connectivity index (χ0) is 24.5. The molecule has 0 aliphatic heterocycles. The van der Waals surface area contributed by atoms with E-state index in [0.717, 1.165) is 23.4 Å². The van der Waals surface area contributed by atoms with E-state index in [1.807, 2.05) is 48.5 Å². The molecule has 1 fully saturated rings. The molecule has 2 aromatic heterocycles. The Balaban J connectivity index is 1.66. The van der Waals surface area contributed by atoms with Crippen LogP contribution in [0.3, 0.4) is 0 Å². The van der Waals surface area contributed by atoms with Gasteiger partial charge in [0.25, 0.3) is 5.56 Å². The molecule has 2 aromatic carbocycles. The predicted molar refractivity (Wildman–Crippen MR) is 132 cm³/mol. The Hall–Kier alpha value is -4.07. The van der Waals surface area contributed by atoms with Crippen molar-refractivity contribution in [3.05, 3.63) is 93.5 Å². The van der Waals surface area contributed by atoms with Gasteiger partial charge in [-0.15, -0.1) is 0 Å². The number of carbonyl (C=O) groups excluding carboxylic acids is 1. The maximum absolute atomic E-state index is 14.1. The highest BCUT2D eigenvalue weighted by Gasteiger charge is 2.27. The summed E-state index contributed by atoms with van der Waals surface area (Å²) in [7, 11) is 0. The number of pyridine rings is 1. The minimum absolute atomic E-state index is 0.0174. The Kier molecular flexibility index (Phi) is 6.03. The number of fused-ring (bicyclic) bond motifs is 1. The quantitative estimate of drug-likeness (QED) is 0.487. The fourth-order valence-electron chi connectivity index (χ4n) is 4.96. The minimum Gasteiger partial charge on any atom is -0.354 e. The molecular formula is C27H25FN4O3. The van der Waals surface area contributed by atoms with Crippen molar-refractivity contribution in [3.63, 3.8) is 0 Å². The van der Waals surface area contributed by atoms with Crippen molar-refractivity contribution in [1.82, 2.24) is 19.4 Å². The molecule has 5 rings (SSSR count).